The van der Waals surface area contributed by atoms with Gasteiger partial charge in [0, 0.05) is 44.7 Å². The molecule has 7 heteroatoms. The molecule has 26 heavy (non-hydrogen) atoms. The molecule has 3 aromatic rings. The van der Waals surface area contributed by atoms with Crippen LogP contribution in [-0.2, 0) is 17.8 Å². The third kappa shape index (κ3) is 4.23. The molecule has 0 aliphatic rings. The molecule has 0 saturated heterocycles. The zero-order valence-corrected chi connectivity index (χ0v) is 15.5. The first-order valence-electron chi connectivity index (χ1n) is 8.49. The third-order valence-electron chi connectivity index (χ3n) is 4.24. The van der Waals surface area contributed by atoms with Crippen molar-refractivity contribution in [2.24, 2.45) is 0 Å². The van der Waals surface area contributed by atoms with Crippen molar-refractivity contribution < 1.29 is 9.26 Å². The molecule has 3 aromatic heterocycles. The Morgan fingerprint density at radius 2 is 2.08 bits per heavy atom. The average Bonchev–Trinajstić information content (AvgIpc) is 3.10. The highest BCUT2D eigenvalue weighted by Crippen LogP contribution is 2.21. The second kappa shape index (κ2) is 8.05. The molecule has 0 spiro atoms. The van der Waals surface area contributed by atoms with Crippen LogP contribution in [-0.4, -0.2) is 40.3 Å². The van der Waals surface area contributed by atoms with Crippen LogP contribution >= 0.6 is 0 Å². The summed E-state index contributed by atoms with van der Waals surface area (Å²) < 4.78 is 10.2. The van der Waals surface area contributed by atoms with Crippen molar-refractivity contribution in [3.8, 4) is 11.5 Å². The first-order valence-corrected chi connectivity index (χ1v) is 8.49. The van der Waals surface area contributed by atoms with Crippen LogP contribution in [0, 0.1) is 6.92 Å². The van der Waals surface area contributed by atoms with Crippen LogP contribution in [0.5, 0.6) is 0 Å². The van der Waals surface area contributed by atoms with Gasteiger partial charge in [-0.3, -0.25) is 4.98 Å². The first kappa shape index (κ1) is 18.0. The predicted octanol–water partition coefficient (Wildman–Crippen LogP) is 3.05. The third-order valence-corrected chi connectivity index (χ3v) is 4.24. The number of anilines is 1. The lowest BCUT2D eigenvalue weighted by Crippen LogP contribution is -2.31. The molecule has 3 rings (SSSR count). The second-order valence-corrected chi connectivity index (χ2v) is 6.34. The highest BCUT2D eigenvalue weighted by Gasteiger charge is 2.14. The first-order chi connectivity index (χ1) is 12.6. The molecular formula is C19H23N5O2. The van der Waals surface area contributed by atoms with E-state index in [1.165, 1.54) is 5.56 Å². The second-order valence-electron chi connectivity index (χ2n) is 6.34. The molecule has 0 aliphatic carbocycles. The quantitative estimate of drug-likeness (QED) is 0.646. The number of methoxy groups -OCH3 is 1. The SMILES string of the molecule is COCc1noc(-c2ccc(N(C)[C@@H](C)Cc3cc(C)ccn3)nc2)n1. The monoisotopic (exact) mass is 353 g/mol. The minimum Gasteiger partial charge on any atom is -0.377 e. The van der Waals surface area contributed by atoms with E-state index in [0.717, 1.165) is 23.5 Å². The molecule has 0 aliphatic heterocycles. The van der Waals surface area contributed by atoms with Gasteiger partial charge in [0.25, 0.3) is 5.89 Å². The number of hydrogen-bond acceptors (Lipinski definition) is 7. The summed E-state index contributed by atoms with van der Waals surface area (Å²) in [5.74, 6) is 1.84. The van der Waals surface area contributed by atoms with E-state index in [1.807, 2.05) is 31.4 Å². The Balaban J connectivity index is 1.68. The summed E-state index contributed by atoms with van der Waals surface area (Å²) in [4.78, 5) is 15.4. The summed E-state index contributed by atoms with van der Waals surface area (Å²) in [5, 5.41) is 3.87. The summed E-state index contributed by atoms with van der Waals surface area (Å²) in [5.41, 5.74) is 3.09. The van der Waals surface area contributed by atoms with Crippen LogP contribution in [0.15, 0.2) is 41.2 Å². The van der Waals surface area contributed by atoms with Gasteiger partial charge in [-0.2, -0.15) is 4.98 Å². The van der Waals surface area contributed by atoms with Gasteiger partial charge < -0.3 is 14.2 Å². The molecule has 0 bridgehead atoms. The normalized spacial score (nSPS) is 12.2. The van der Waals surface area contributed by atoms with Crippen LogP contribution in [0.3, 0.4) is 0 Å². The van der Waals surface area contributed by atoms with E-state index in [2.05, 4.69) is 44.9 Å². The molecule has 136 valence electrons. The number of rotatable bonds is 7. The maximum atomic E-state index is 5.24. The van der Waals surface area contributed by atoms with Crippen molar-refractivity contribution in [1.82, 2.24) is 20.1 Å². The molecule has 0 aromatic carbocycles. The molecule has 7 nitrogen and oxygen atoms in total. The van der Waals surface area contributed by atoms with Crippen LogP contribution < -0.4 is 4.90 Å². The fourth-order valence-corrected chi connectivity index (χ4v) is 2.66. The summed E-state index contributed by atoms with van der Waals surface area (Å²) in [7, 11) is 3.63. The number of likely N-dealkylation sites (N-methyl/N-ethyl adjacent to an activating group) is 1. The van der Waals surface area contributed by atoms with Crippen molar-refractivity contribution in [2.45, 2.75) is 32.9 Å². The Hall–Kier alpha value is -2.80. The van der Waals surface area contributed by atoms with Gasteiger partial charge in [0.2, 0.25) is 0 Å². The maximum Gasteiger partial charge on any atom is 0.259 e. The van der Waals surface area contributed by atoms with Gasteiger partial charge in [-0.25, -0.2) is 4.98 Å². The predicted molar refractivity (Wildman–Crippen MR) is 98.8 cm³/mol. The van der Waals surface area contributed by atoms with E-state index in [1.54, 1.807) is 13.3 Å². The molecule has 3 heterocycles. The minimum atomic E-state index is 0.263. The Morgan fingerprint density at radius 1 is 1.23 bits per heavy atom. The minimum absolute atomic E-state index is 0.263. The van der Waals surface area contributed by atoms with Gasteiger partial charge in [0.1, 0.15) is 12.4 Å². The summed E-state index contributed by atoms with van der Waals surface area (Å²) in [6, 6.07) is 8.28. The topological polar surface area (TPSA) is 77.2 Å². The van der Waals surface area contributed by atoms with Crippen LogP contribution in [0.25, 0.3) is 11.5 Å². The van der Waals surface area contributed by atoms with E-state index in [9.17, 15) is 0 Å². The van der Waals surface area contributed by atoms with Gasteiger partial charge in [-0.1, -0.05) is 5.16 Å². The molecular weight excluding hydrogens is 330 g/mol. The highest BCUT2D eigenvalue weighted by molar-refractivity contribution is 5.54. The number of nitrogens with zero attached hydrogens (tertiary/aromatic N) is 5. The molecule has 0 fully saturated rings. The zero-order valence-electron chi connectivity index (χ0n) is 15.5. The summed E-state index contributed by atoms with van der Waals surface area (Å²) in [6.07, 6.45) is 4.45. The van der Waals surface area contributed by atoms with E-state index in [0.29, 0.717) is 18.3 Å². The van der Waals surface area contributed by atoms with E-state index < -0.39 is 0 Å². The number of ether oxygens (including phenoxy) is 1. The van der Waals surface area contributed by atoms with Crippen LogP contribution in [0.2, 0.25) is 0 Å². The number of aryl methyl sites for hydroxylation is 1. The van der Waals surface area contributed by atoms with Crippen molar-refractivity contribution in [3.63, 3.8) is 0 Å². The van der Waals surface area contributed by atoms with Crippen LogP contribution in [0.1, 0.15) is 24.0 Å². The molecule has 0 unspecified atom stereocenters. The lowest BCUT2D eigenvalue weighted by Gasteiger charge is -2.25. The zero-order chi connectivity index (χ0) is 18.5. The Bertz CT molecular complexity index is 847. The van der Waals surface area contributed by atoms with Gasteiger partial charge in [-0.15, -0.1) is 0 Å². The van der Waals surface area contributed by atoms with E-state index in [4.69, 9.17) is 9.26 Å². The Kier molecular flexibility index (Phi) is 5.58. The Labute approximate surface area is 153 Å². The van der Waals surface area contributed by atoms with Gasteiger partial charge >= 0.3 is 0 Å². The largest absolute Gasteiger partial charge is 0.377 e. The highest BCUT2D eigenvalue weighted by atomic mass is 16.5. The van der Waals surface area contributed by atoms with Gasteiger partial charge in [-0.05, 0) is 43.7 Å². The lowest BCUT2D eigenvalue weighted by atomic mass is 10.1. The van der Waals surface area contributed by atoms with E-state index in [-0.39, 0.29) is 6.04 Å². The fraction of sp³-hybridized carbons (Fsp3) is 0.368. The van der Waals surface area contributed by atoms with Crippen molar-refractivity contribution in [1.29, 1.82) is 0 Å². The molecule has 0 radical (unpaired) electrons. The summed E-state index contributed by atoms with van der Waals surface area (Å²) in [6.45, 7) is 4.56. The number of aromatic nitrogens is 4. The van der Waals surface area contributed by atoms with Crippen LogP contribution in [0.4, 0.5) is 5.82 Å². The van der Waals surface area contributed by atoms with Crippen molar-refractivity contribution in [3.05, 3.63) is 53.7 Å². The fourth-order valence-electron chi connectivity index (χ4n) is 2.66. The smallest absolute Gasteiger partial charge is 0.259 e. The molecule has 0 saturated carbocycles. The molecule has 1 atom stereocenters. The lowest BCUT2D eigenvalue weighted by molar-refractivity contribution is 0.174. The van der Waals surface area contributed by atoms with E-state index >= 15 is 0 Å². The average molecular weight is 353 g/mol. The number of hydrogen-bond donors (Lipinski definition) is 0. The standard InChI is InChI=1S/C19H23N5O2/c1-13-7-8-20-16(9-13)10-14(2)24(3)18-6-5-15(11-21-18)19-22-17(12-25-4)23-26-19/h5-9,11,14H,10,12H2,1-4H3/t14-/m0/s1. The summed E-state index contributed by atoms with van der Waals surface area (Å²) >= 11 is 0. The maximum absolute atomic E-state index is 5.24. The molecule has 0 amide bonds. The van der Waals surface area contributed by atoms with Crippen molar-refractivity contribution in [2.75, 3.05) is 19.1 Å². The van der Waals surface area contributed by atoms with Gasteiger partial charge in [0.05, 0.1) is 5.56 Å². The molecule has 0 N–H and O–H groups in total. The van der Waals surface area contributed by atoms with Gasteiger partial charge in [0.15, 0.2) is 5.82 Å². The Morgan fingerprint density at radius 3 is 2.77 bits per heavy atom. The number of pyridine rings is 2. The van der Waals surface area contributed by atoms with Crippen molar-refractivity contribution >= 4 is 5.82 Å².